The van der Waals surface area contributed by atoms with Crippen molar-refractivity contribution in [2.45, 2.75) is 5.51 Å². The van der Waals surface area contributed by atoms with E-state index >= 15 is 0 Å². The molecule has 0 aliphatic heterocycles. The second kappa shape index (κ2) is 2.57. The van der Waals surface area contributed by atoms with E-state index in [1.807, 2.05) is 0 Å². The monoisotopic (exact) mass is 193 g/mol. The van der Waals surface area contributed by atoms with Gasteiger partial charge in [0.05, 0.1) is 0 Å². The molecule has 0 atom stereocenters. The van der Waals surface area contributed by atoms with Crippen LogP contribution in [0.15, 0.2) is 0 Å². The zero-order chi connectivity index (χ0) is 9.28. The summed E-state index contributed by atoms with van der Waals surface area (Å²) in [6.45, 7) is 0. The molecule has 0 aromatic carbocycles. The second-order valence-electron chi connectivity index (χ2n) is 1.30. The molecule has 1 amide bonds. The average molecular weight is 193 g/mol. The third kappa shape index (κ3) is 2.62. The lowest BCUT2D eigenvalue weighted by Gasteiger charge is -2.04. The Bertz CT molecular complexity index is 253. The van der Waals surface area contributed by atoms with Crippen molar-refractivity contribution in [2.75, 3.05) is 0 Å². The van der Waals surface area contributed by atoms with Crippen LogP contribution in [0.25, 0.3) is 0 Å². The Morgan fingerprint density at radius 2 is 1.73 bits per heavy atom. The van der Waals surface area contributed by atoms with Gasteiger partial charge in [-0.25, -0.2) is 4.79 Å². The van der Waals surface area contributed by atoms with E-state index in [4.69, 9.17) is 0 Å². The molecule has 0 aromatic rings. The van der Waals surface area contributed by atoms with Crippen LogP contribution in [0.5, 0.6) is 0 Å². The number of halogens is 3. The maximum absolute atomic E-state index is 11.3. The van der Waals surface area contributed by atoms with Crippen LogP contribution in [0.1, 0.15) is 0 Å². The summed E-state index contributed by atoms with van der Waals surface area (Å²) < 4.78 is 56.2. The highest BCUT2D eigenvalue weighted by atomic mass is 32.2. The molecule has 2 N–H and O–H groups in total. The summed E-state index contributed by atoms with van der Waals surface area (Å²) in [6, 6.07) is 0. The highest BCUT2D eigenvalue weighted by molar-refractivity contribution is 7.88. The van der Waals surface area contributed by atoms with Gasteiger partial charge in [0.2, 0.25) is 0 Å². The largest absolute Gasteiger partial charge is 0.534 e. The van der Waals surface area contributed by atoms with E-state index < -0.39 is 21.7 Å². The van der Waals surface area contributed by atoms with Gasteiger partial charge < -0.3 is 9.92 Å². The van der Waals surface area contributed by atoms with E-state index in [1.165, 1.54) is 0 Å². The third-order valence-electron chi connectivity index (χ3n) is 0.475. The number of nitrogens with two attached hydrogens (primary N) is 1. The number of carbonyl (C=O) groups excluding carboxylic acids is 1. The Labute approximate surface area is 59.1 Å². The van der Waals surface area contributed by atoms with Crippen molar-refractivity contribution < 1.29 is 30.6 Å². The fourth-order valence-corrected chi connectivity index (χ4v) is 0.466. The first-order valence-corrected chi connectivity index (χ1v) is 3.38. The number of primary amides is 1. The SMILES string of the molecule is NC(=O)OS(=O)(=O)C(F)(F)F. The van der Waals surface area contributed by atoms with Crippen LogP contribution < -0.4 is 5.73 Å². The van der Waals surface area contributed by atoms with Gasteiger partial charge in [0.1, 0.15) is 0 Å². The molecule has 0 spiro atoms. The molecule has 0 aromatic heterocycles. The van der Waals surface area contributed by atoms with Gasteiger partial charge in [-0.2, -0.15) is 21.6 Å². The number of alkyl halides is 3. The molecule has 0 heterocycles. The molecule has 0 saturated heterocycles. The van der Waals surface area contributed by atoms with Crippen LogP contribution in [0.4, 0.5) is 18.0 Å². The van der Waals surface area contributed by atoms with Crippen molar-refractivity contribution in [3.8, 4) is 0 Å². The molecule has 0 radical (unpaired) electrons. The predicted octanol–water partition coefficient (Wildman–Crippen LogP) is -0.0687. The fourth-order valence-electron chi connectivity index (χ4n) is 0.155. The maximum Gasteiger partial charge on any atom is 0.534 e. The third-order valence-corrected chi connectivity index (χ3v) is 1.43. The molecular weight excluding hydrogens is 191 g/mol. The number of amides is 1. The van der Waals surface area contributed by atoms with E-state index in [2.05, 4.69) is 9.92 Å². The highest BCUT2D eigenvalue weighted by Crippen LogP contribution is 2.24. The first kappa shape index (κ1) is 10.0. The Hall–Kier alpha value is -0.990. The van der Waals surface area contributed by atoms with Crippen molar-refractivity contribution >= 4 is 16.2 Å². The van der Waals surface area contributed by atoms with Gasteiger partial charge in [-0.05, 0) is 0 Å². The molecule has 11 heavy (non-hydrogen) atoms. The van der Waals surface area contributed by atoms with Crippen molar-refractivity contribution in [3.63, 3.8) is 0 Å². The normalized spacial score (nSPS) is 12.6. The maximum atomic E-state index is 11.3. The molecule has 9 heteroatoms. The Morgan fingerprint density at radius 3 is 1.82 bits per heavy atom. The van der Waals surface area contributed by atoms with Crippen molar-refractivity contribution in [3.05, 3.63) is 0 Å². The average Bonchev–Trinajstić information content (AvgIpc) is 1.56. The van der Waals surface area contributed by atoms with E-state index in [9.17, 15) is 26.4 Å². The van der Waals surface area contributed by atoms with Crippen LogP contribution in [0.3, 0.4) is 0 Å². The van der Waals surface area contributed by atoms with E-state index in [0.29, 0.717) is 0 Å². The zero-order valence-electron chi connectivity index (χ0n) is 4.75. The van der Waals surface area contributed by atoms with Crippen molar-refractivity contribution in [2.24, 2.45) is 5.73 Å². The summed E-state index contributed by atoms with van der Waals surface area (Å²) >= 11 is 0. The Kier molecular flexibility index (Phi) is 2.33. The summed E-state index contributed by atoms with van der Waals surface area (Å²) in [5, 5.41) is 0. The van der Waals surface area contributed by atoms with Crippen LogP contribution in [-0.4, -0.2) is 20.0 Å². The minimum absolute atomic E-state index is 2.03. The van der Waals surface area contributed by atoms with E-state index in [1.54, 1.807) is 0 Å². The molecule has 0 aliphatic carbocycles. The first-order valence-electron chi connectivity index (χ1n) is 1.97. The standard InChI is InChI=1S/C2H2F3NO4S/c3-2(4,5)11(8,9)10-1(6)7/h(H2,6,7). The number of carbonyl (C=O) groups is 1. The van der Waals surface area contributed by atoms with Crippen LogP contribution in [0.2, 0.25) is 0 Å². The molecule has 66 valence electrons. The van der Waals surface area contributed by atoms with Gasteiger partial charge in [0, 0.05) is 0 Å². The molecular formula is C2H2F3NO4S. The van der Waals surface area contributed by atoms with E-state index in [-0.39, 0.29) is 0 Å². The topological polar surface area (TPSA) is 86.5 Å². The second-order valence-corrected chi connectivity index (χ2v) is 2.84. The first-order chi connectivity index (χ1) is 4.67. The number of rotatable bonds is 1. The minimum atomic E-state index is -5.87. The smallest absolute Gasteiger partial charge is 0.334 e. The van der Waals surface area contributed by atoms with E-state index in [0.717, 1.165) is 0 Å². The molecule has 0 rings (SSSR count). The Morgan fingerprint density at radius 1 is 1.36 bits per heavy atom. The molecule has 0 bridgehead atoms. The van der Waals surface area contributed by atoms with Crippen LogP contribution in [0, 0.1) is 0 Å². The quantitative estimate of drug-likeness (QED) is 0.466. The fraction of sp³-hybridized carbons (Fsp3) is 0.500. The highest BCUT2D eigenvalue weighted by Gasteiger charge is 2.49. The minimum Gasteiger partial charge on any atom is -0.334 e. The zero-order valence-corrected chi connectivity index (χ0v) is 5.57. The van der Waals surface area contributed by atoms with Gasteiger partial charge in [-0.3, -0.25) is 0 Å². The molecule has 5 nitrogen and oxygen atoms in total. The summed E-state index contributed by atoms with van der Waals surface area (Å²) in [5.74, 6) is 0. The molecule has 0 fully saturated rings. The number of hydrogen-bond acceptors (Lipinski definition) is 4. The number of hydrogen-bond donors (Lipinski definition) is 1. The summed E-state index contributed by atoms with van der Waals surface area (Å²) in [4.78, 5) is 9.58. The predicted molar refractivity (Wildman–Crippen MR) is 25.6 cm³/mol. The van der Waals surface area contributed by atoms with Crippen LogP contribution in [-0.2, 0) is 14.3 Å². The lowest BCUT2D eigenvalue weighted by molar-refractivity contribution is -0.0514. The Balaban J connectivity index is 4.64. The summed E-state index contributed by atoms with van der Waals surface area (Å²) in [6.07, 6.45) is -2.03. The molecule has 0 unspecified atom stereocenters. The van der Waals surface area contributed by atoms with Crippen LogP contribution >= 0.6 is 0 Å². The van der Waals surface area contributed by atoms with Crippen molar-refractivity contribution in [1.82, 2.24) is 0 Å². The molecule has 0 saturated carbocycles. The van der Waals surface area contributed by atoms with Gasteiger partial charge in [0.25, 0.3) is 0 Å². The molecule has 0 aliphatic rings. The van der Waals surface area contributed by atoms with Gasteiger partial charge in [-0.15, -0.1) is 0 Å². The van der Waals surface area contributed by atoms with Gasteiger partial charge >= 0.3 is 21.7 Å². The summed E-state index contributed by atoms with van der Waals surface area (Å²) in [5.41, 5.74) is -1.59. The summed E-state index contributed by atoms with van der Waals surface area (Å²) in [7, 11) is -5.87. The van der Waals surface area contributed by atoms with Gasteiger partial charge in [-0.1, -0.05) is 0 Å². The van der Waals surface area contributed by atoms with Gasteiger partial charge in [0.15, 0.2) is 0 Å². The lowest BCUT2D eigenvalue weighted by Crippen LogP contribution is -2.30. The van der Waals surface area contributed by atoms with Crippen molar-refractivity contribution in [1.29, 1.82) is 0 Å². The lowest BCUT2D eigenvalue weighted by atomic mass is 11.3.